The Labute approximate surface area is 129 Å². The van der Waals surface area contributed by atoms with Crippen molar-refractivity contribution in [2.24, 2.45) is 0 Å². The van der Waals surface area contributed by atoms with E-state index >= 15 is 0 Å². The van der Waals surface area contributed by atoms with Crippen molar-refractivity contribution in [2.45, 2.75) is 13.0 Å². The van der Waals surface area contributed by atoms with E-state index in [0.717, 1.165) is 25.1 Å². The van der Waals surface area contributed by atoms with Gasteiger partial charge in [-0.15, -0.1) is 0 Å². The molecule has 0 atom stereocenters. The van der Waals surface area contributed by atoms with Gasteiger partial charge in [-0.1, -0.05) is 23.7 Å². The van der Waals surface area contributed by atoms with E-state index in [1.165, 1.54) is 4.90 Å². The number of likely N-dealkylation sites (N-methyl/N-ethyl adjacent to an activating group) is 1. The second-order valence-electron chi connectivity index (χ2n) is 5.19. The Morgan fingerprint density at radius 3 is 2.90 bits per heavy atom. The summed E-state index contributed by atoms with van der Waals surface area (Å²) in [4.78, 5) is 27.5. The number of amides is 2. The van der Waals surface area contributed by atoms with Crippen molar-refractivity contribution >= 4 is 23.4 Å². The predicted octanol–water partition coefficient (Wildman–Crippen LogP) is 1.12. The first-order valence-electron chi connectivity index (χ1n) is 7.07. The SMILES string of the molecule is CN(Cc1cccc(Cl)c1)C(=O)C(=O)N1CCCNCC1. The number of hydrogen-bond donors (Lipinski definition) is 1. The zero-order valence-corrected chi connectivity index (χ0v) is 12.9. The third-order valence-corrected chi connectivity index (χ3v) is 3.70. The number of hydrogen-bond acceptors (Lipinski definition) is 3. The van der Waals surface area contributed by atoms with Gasteiger partial charge in [0.1, 0.15) is 0 Å². The molecular formula is C15H20ClN3O2. The van der Waals surface area contributed by atoms with E-state index in [1.807, 2.05) is 12.1 Å². The van der Waals surface area contributed by atoms with E-state index < -0.39 is 11.8 Å². The molecule has 6 heteroatoms. The van der Waals surface area contributed by atoms with Gasteiger partial charge in [-0.2, -0.15) is 0 Å². The Morgan fingerprint density at radius 2 is 2.14 bits per heavy atom. The summed E-state index contributed by atoms with van der Waals surface area (Å²) in [6.07, 6.45) is 0.872. The normalized spacial score (nSPS) is 15.4. The first kappa shape index (κ1) is 15.8. The highest BCUT2D eigenvalue weighted by molar-refractivity contribution is 6.34. The van der Waals surface area contributed by atoms with Crippen LogP contribution in [0.4, 0.5) is 0 Å². The molecular weight excluding hydrogens is 290 g/mol. The fraction of sp³-hybridized carbons (Fsp3) is 0.467. The Kier molecular flexibility index (Phi) is 5.59. The lowest BCUT2D eigenvalue weighted by atomic mass is 10.2. The summed E-state index contributed by atoms with van der Waals surface area (Å²) >= 11 is 5.92. The number of rotatable bonds is 2. The third kappa shape index (κ3) is 4.44. The van der Waals surface area contributed by atoms with Crippen LogP contribution >= 0.6 is 11.6 Å². The van der Waals surface area contributed by atoms with Crippen LogP contribution in [0.25, 0.3) is 0 Å². The van der Waals surface area contributed by atoms with Crippen LogP contribution in [0.15, 0.2) is 24.3 Å². The number of nitrogens with one attached hydrogen (secondary N) is 1. The molecule has 1 aliphatic heterocycles. The van der Waals surface area contributed by atoms with Gasteiger partial charge in [0.2, 0.25) is 0 Å². The fourth-order valence-corrected chi connectivity index (χ4v) is 2.54. The van der Waals surface area contributed by atoms with E-state index in [2.05, 4.69) is 5.32 Å². The van der Waals surface area contributed by atoms with Gasteiger partial charge in [0.15, 0.2) is 0 Å². The van der Waals surface area contributed by atoms with E-state index in [4.69, 9.17) is 11.6 Å². The minimum atomic E-state index is -0.475. The lowest BCUT2D eigenvalue weighted by Gasteiger charge is -2.23. The summed E-state index contributed by atoms with van der Waals surface area (Å²) in [5, 5.41) is 3.84. The van der Waals surface area contributed by atoms with Crippen LogP contribution in [-0.4, -0.2) is 54.8 Å². The van der Waals surface area contributed by atoms with Gasteiger partial charge in [0.05, 0.1) is 0 Å². The van der Waals surface area contributed by atoms with Crippen LogP contribution in [0.1, 0.15) is 12.0 Å². The van der Waals surface area contributed by atoms with Crippen LogP contribution in [-0.2, 0) is 16.1 Å². The number of nitrogens with zero attached hydrogens (tertiary/aromatic N) is 2. The van der Waals surface area contributed by atoms with Gasteiger partial charge in [0.25, 0.3) is 0 Å². The smallest absolute Gasteiger partial charge is 0.312 e. The molecule has 0 aliphatic carbocycles. The largest absolute Gasteiger partial charge is 0.333 e. The molecule has 1 aliphatic rings. The Balaban J connectivity index is 1.96. The highest BCUT2D eigenvalue weighted by Gasteiger charge is 2.25. The van der Waals surface area contributed by atoms with Crippen molar-refractivity contribution in [1.29, 1.82) is 0 Å². The Morgan fingerprint density at radius 1 is 1.33 bits per heavy atom. The summed E-state index contributed by atoms with van der Waals surface area (Å²) in [5.74, 6) is -0.903. The van der Waals surface area contributed by atoms with E-state index in [1.54, 1.807) is 24.1 Å². The molecule has 5 nitrogen and oxygen atoms in total. The number of benzene rings is 1. The molecule has 1 heterocycles. The van der Waals surface area contributed by atoms with Crippen LogP contribution in [0, 0.1) is 0 Å². The standard InChI is InChI=1S/C15H20ClN3O2/c1-18(11-12-4-2-5-13(16)10-12)14(20)15(21)19-8-3-6-17-7-9-19/h2,4-5,10,17H,3,6-9,11H2,1H3. The molecule has 1 saturated heterocycles. The maximum absolute atomic E-state index is 12.2. The van der Waals surface area contributed by atoms with Gasteiger partial charge in [-0.25, -0.2) is 0 Å². The molecule has 2 rings (SSSR count). The molecule has 1 aromatic rings. The van der Waals surface area contributed by atoms with Gasteiger partial charge in [0, 0.05) is 38.2 Å². The fourth-order valence-electron chi connectivity index (χ4n) is 2.33. The van der Waals surface area contributed by atoms with E-state index in [0.29, 0.717) is 24.7 Å². The molecule has 1 N–H and O–H groups in total. The quantitative estimate of drug-likeness (QED) is 0.833. The Hall–Kier alpha value is -1.59. The zero-order valence-electron chi connectivity index (χ0n) is 12.1. The number of carbonyl (C=O) groups excluding carboxylic acids is 2. The average molecular weight is 310 g/mol. The molecule has 0 saturated carbocycles. The molecule has 0 radical (unpaired) electrons. The Bertz CT molecular complexity index is 513. The summed E-state index contributed by atoms with van der Waals surface area (Å²) in [6.45, 7) is 3.20. The second-order valence-corrected chi connectivity index (χ2v) is 5.62. The lowest BCUT2D eigenvalue weighted by molar-refractivity contribution is -0.151. The molecule has 1 aromatic carbocycles. The first-order valence-corrected chi connectivity index (χ1v) is 7.45. The van der Waals surface area contributed by atoms with E-state index in [9.17, 15) is 9.59 Å². The van der Waals surface area contributed by atoms with Crippen molar-refractivity contribution in [3.8, 4) is 0 Å². The van der Waals surface area contributed by atoms with E-state index in [-0.39, 0.29) is 0 Å². The maximum Gasteiger partial charge on any atom is 0.312 e. The minimum Gasteiger partial charge on any atom is -0.333 e. The summed E-state index contributed by atoms with van der Waals surface area (Å²) in [7, 11) is 1.64. The van der Waals surface area contributed by atoms with Gasteiger partial charge in [-0.3, -0.25) is 9.59 Å². The molecule has 1 fully saturated rings. The lowest BCUT2D eigenvalue weighted by Crippen LogP contribution is -2.44. The summed E-state index contributed by atoms with van der Waals surface area (Å²) < 4.78 is 0. The van der Waals surface area contributed by atoms with Crippen molar-refractivity contribution in [3.05, 3.63) is 34.9 Å². The van der Waals surface area contributed by atoms with Crippen molar-refractivity contribution in [2.75, 3.05) is 33.2 Å². The highest BCUT2D eigenvalue weighted by Crippen LogP contribution is 2.12. The number of halogens is 1. The van der Waals surface area contributed by atoms with Crippen LogP contribution < -0.4 is 5.32 Å². The highest BCUT2D eigenvalue weighted by atomic mass is 35.5. The average Bonchev–Trinajstić information content (AvgIpc) is 2.74. The third-order valence-electron chi connectivity index (χ3n) is 3.47. The van der Waals surface area contributed by atoms with Gasteiger partial charge in [-0.05, 0) is 30.7 Å². The number of carbonyl (C=O) groups is 2. The first-order chi connectivity index (χ1) is 10.1. The second kappa shape index (κ2) is 7.43. The van der Waals surface area contributed by atoms with Crippen molar-refractivity contribution in [1.82, 2.24) is 15.1 Å². The summed E-state index contributed by atoms with van der Waals surface area (Å²) in [5.41, 5.74) is 0.906. The molecule has 0 bridgehead atoms. The topological polar surface area (TPSA) is 52.7 Å². The molecule has 0 unspecified atom stereocenters. The molecule has 0 spiro atoms. The van der Waals surface area contributed by atoms with Crippen LogP contribution in [0.2, 0.25) is 5.02 Å². The van der Waals surface area contributed by atoms with Crippen molar-refractivity contribution in [3.63, 3.8) is 0 Å². The monoisotopic (exact) mass is 309 g/mol. The zero-order chi connectivity index (χ0) is 15.2. The van der Waals surface area contributed by atoms with Gasteiger partial charge < -0.3 is 15.1 Å². The molecule has 0 aromatic heterocycles. The minimum absolute atomic E-state index is 0.372. The van der Waals surface area contributed by atoms with Crippen LogP contribution in [0.3, 0.4) is 0 Å². The summed E-state index contributed by atoms with van der Waals surface area (Å²) in [6, 6.07) is 7.29. The predicted molar refractivity (Wildman–Crippen MR) is 82.0 cm³/mol. The molecule has 2 amide bonds. The molecule has 114 valence electrons. The van der Waals surface area contributed by atoms with Crippen LogP contribution in [0.5, 0.6) is 0 Å². The van der Waals surface area contributed by atoms with Gasteiger partial charge >= 0.3 is 11.8 Å². The van der Waals surface area contributed by atoms with Crippen molar-refractivity contribution < 1.29 is 9.59 Å². The maximum atomic E-state index is 12.2. The molecule has 21 heavy (non-hydrogen) atoms.